The summed E-state index contributed by atoms with van der Waals surface area (Å²) in [5.74, 6) is 1.31. The summed E-state index contributed by atoms with van der Waals surface area (Å²) < 4.78 is 12.0. The largest absolute Gasteiger partial charge is 0.489 e. The molecule has 0 saturated heterocycles. The number of rotatable bonds is 9. The van der Waals surface area contributed by atoms with Crippen molar-refractivity contribution in [1.82, 2.24) is 4.98 Å². The Balaban J connectivity index is 1.64. The van der Waals surface area contributed by atoms with E-state index in [-0.39, 0.29) is 5.43 Å². The minimum absolute atomic E-state index is 0.0198. The Morgan fingerprint density at radius 1 is 0.912 bits per heavy atom. The summed E-state index contributed by atoms with van der Waals surface area (Å²) in [7, 11) is 0. The molecule has 0 radical (unpaired) electrons. The second-order valence-corrected chi connectivity index (χ2v) is 9.50. The predicted molar refractivity (Wildman–Crippen MR) is 142 cm³/mol. The van der Waals surface area contributed by atoms with Gasteiger partial charge in [-0.25, -0.2) is 4.98 Å². The molecule has 0 atom stereocenters. The maximum absolute atomic E-state index is 12.4. The van der Waals surface area contributed by atoms with Crippen molar-refractivity contribution < 1.29 is 9.15 Å². The predicted octanol–water partition coefficient (Wildman–Crippen LogP) is 8.02. The third-order valence-electron chi connectivity index (χ3n) is 6.33. The molecule has 0 saturated carbocycles. The van der Waals surface area contributed by atoms with E-state index in [1.807, 2.05) is 32.0 Å². The van der Waals surface area contributed by atoms with Gasteiger partial charge in [-0.3, -0.25) is 4.79 Å². The quantitative estimate of drug-likeness (QED) is 0.240. The molecule has 0 unspecified atom stereocenters. The molecule has 0 fully saturated rings. The van der Waals surface area contributed by atoms with Gasteiger partial charge in [-0.2, -0.15) is 0 Å². The second kappa shape index (κ2) is 11.3. The van der Waals surface area contributed by atoms with Crippen molar-refractivity contribution in [3.05, 3.63) is 80.1 Å². The van der Waals surface area contributed by atoms with Crippen molar-refractivity contribution >= 4 is 11.1 Å². The second-order valence-electron chi connectivity index (χ2n) is 9.50. The van der Waals surface area contributed by atoms with Gasteiger partial charge in [-0.1, -0.05) is 28.9 Å². The number of allylic oxidation sites excluding steroid dienone is 5. The van der Waals surface area contributed by atoms with Crippen molar-refractivity contribution in [2.75, 3.05) is 6.61 Å². The molecule has 0 amide bonds. The summed E-state index contributed by atoms with van der Waals surface area (Å²) in [6.07, 6.45) is 11.1. The average Bonchev–Trinajstić information content (AvgIpc) is 2.80. The zero-order valence-electron chi connectivity index (χ0n) is 21.7. The smallest absolute Gasteiger partial charge is 0.188 e. The molecule has 4 heteroatoms. The summed E-state index contributed by atoms with van der Waals surface area (Å²) in [5.41, 5.74) is 8.47. The first-order chi connectivity index (χ1) is 16.2. The van der Waals surface area contributed by atoms with E-state index in [1.54, 1.807) is 6.92 Å². The molecule has 180 valence electrons. The molecule has 0 bridgehead atoms. The van der Waals surface area contributed by atoms with Gasteiger partial charge in [0.1, 0.15) is 23.6 Å². The molecule has 0 N–H and O–H groups in total. The number of hydrogen-bond acceptors (Lipinski definition) is 4. The minimum atomic E-state index is 0.0198. The molecule has 0 aromatic heterocycles. The van der Waals surface area contributed by atoms with E-state index in [0.29, 0.717) is 23.5 Å². The topological polar surface area (TPSA) is 52.3 Å². The van der Waals surface area contributed by atoms with Crippen LogP contribution in [0.2, 0.25) is 0 Å². The molecule has 4 nitrogen and oxygen atoms in total. The highest BCUT2D eigenvalue weighted by Gasteiger charge is 2.20. The molecule has 1 aromatic rings. The molecule has 3 rings (SSSR count). The summed E-state index contributed by atoms with van der Waals surface area (Å²) >= 11 is 0. The number of ether oxygens (including phenoxy) is 1. The standard InChI is InChI=1S/C30H37NO3/c1-19(2)10-8-11-20(3)12-9-13-21(4)16-17-33-25-14-15-27-26(18-25)31-28-22(5)23(6)29(32)24(7)30(28)34-27/h10,12,14-16,18H,8-9,11,13,17H2,1-7H3/b20-12+,21-16+. The van der Waals surface area contributed by atoms with Crippen LogP contribution in [0, 0.1) is 20.8 Å². The Kier molecular flexibility index (Phi) is 8.49. The first-order valence-electron chi connectivity index (χ1n) is 12.1. The van der Waals surface area contributed by atoms with Crippen LogP contribution in [0.1, 0.15) is 70.1 Å². The van der Waals surface area contributed by atoms with E-state index in [0.717, 1.165) is 53.8 Å². The van der Waals surface area contributed by atoms with E-state index >= 15 is 0 Å². The summed E-state index contributed by atoms with van der Waals surface area (Å²) in [6.45, 7) is 14.7. The molecule has 1 heterocycles. The normalized spacial score (nSPS) is 12.4. The zero-order chi connectivity index (χ0) is 24.8. The third kappa shape index (κ3) is 6.25. The fourth-order valence-corrected chi connectivity index (χ4v) is 3.95. The molecule has 0 spiro atoms. The number of nitrogens with zero attached hydrogens (tertiary/aromatic N) is 1. The van der Waals surface area contributed by atoms with E-state index in [2.05, 4.69) is 45.9 Å². The Morgan fingerprint density at radius 3 is 2.29 bits per heavy atom. The fraction of sp³-hybridized carbons (Fsp3) is 0.400. The van der Waals surface area contributed by atoms with Crippen molar-refractivity contribution in [3.8, 4) is 17.2 Å². The highest BCUT2D eigenvalue weighted by atomic mass is 16.5. The lowest BCUT2D eigenvalue weighted by atomic mass is 9.99. The Bertz CT molecular complexity index is 1290. The lowest BCUT2D eigenvalue weighted by molar-refractivity contribution is 0.362. The molecular formula is C30H37NO3. The summed E-state index contributed by atoms with van der Waals surface area (Å²) in [6, 6.07) is 5.64. The van der Waals surface area contributed by atoms with E-state index in [1.165, 1.54) is 16.7 Å². The molecule has 1 aromatic carbocycles. The van der Waals surface area contributed by atoms with E-state index in [9.17, 15) is 4.79 Å². The van der Waals surface area contributed by atoms with Crippen molar-refractivity contribution in [3.63, 3.8) is 0 Å². The van der Waals surface area contributed by atoms with Gasteiger partial charge >= 0.3 is 0 Å². The van der Waals surface area contributed by atoms with Gasteiger partial charge in [0.25, 0.3) is 0 Å². The van der Waals surface area contributed by atoms with Crippen molar-refractivity contribution in [2.24, 2.45) is 0 Å². The van der Waals surface area contributed by atoms with Crippen LogP contribution < -0.4 is 10.2 Å². The van der Waals surface area contributed by atoms with Crippen LogP contribution >= 0.6 is 0 Å². The van der Waals surface area contributed by atoms with Crippen LogP contribution in [0.3, 0.4) is 0 Å². The molecule has 34 heavy (non-hydrogen) atoms. The number of hydrogen-bond donors (Lipinski definition) is 0. The zero-order valence-corrected chi connectivity index (χ0v) is 21.7. The van der Waals surface area contributed by atoms with Crippen molar-refractivity contribution in [1.29, 1.82) is 0 Å². The van der Waals surface area contributed by atoms with Gasteiger partial charge in [0.05, 0.1) is 0 Å². The van der Waals surface area contributed by atoms with E-state index < -0.39 is 0 Å². The van der Waals surface area contributed by atoms with Crippen molar-refractivity contribution in [2.45, 2.75) is 74.1 Å². The summed E-state index contributed by atoms with van der Waals surface area (Å²) in [5, 5.41) is 0. The summed E-state index contributed by atoms with van der Waals surface area (Å²) in [4.78, 5) is 17.2. The Hall–Kier alpha value is -3.14. The van der Waals surface area contributed by atoms with Crippen LogP contribution in [-0.2, 0) is 0 Å². The van der Waals surface area contributed by atoms with Crippen LogP contribution in [0.5, 0.6) is 5.75 Å². The highest BCUT2D eigenvalue weighted by Crippen LogP contribution is 2.31. The number of aromatic nitrogens is 1. The number of benzene rings is 2. The number of fused-ring (bicyclic) bond motifs is 2. The highest BCUT2D eigenvalue weighted by molar-refractivity contribution is 5.79. The van der Waals surface area contributed by atoms with Gasteiger partial charge in [-0.05, 0) is 97.9 Å². The monoisotopic (exact) mass is 459 g/mol. The van der Waals surface area contributed by atoms with Gasteiger partial charge < -0.3 is 9.15 Å². The fourth-order valence-electron chi connectivity index (χ4n) is 3.95. The lowest BCUT2D eigenvalue weighted by Crippen LogP contribution is -2.14. The SMILES string of the molecule is CC(C)=CCC/C(C)=C/CC/C(C)=C/COc1ccc2oc3c(C)c(=O)c(C)c(C)c-3nc2c1. The van der Waals surface area contributed by atoms with E-state index in [4.69, 9.17) is 14.1 Å². The molecule has 1 aliphatic carbocycles. The maximum atomic E-state index is 12.4. The van der Waals surface area contributed by atoms with Crippen LogP contribution in [0.25, 0.3) is 22.6 Å². The minimum Gasteiger partial charge on any atom is -0.489 e. The van der Waals surface area contributed by atoms with Crippen LogP contribution in [0.15, 0.2) is 62.4 Å². The maximum Gasteiger partial charge on any atom is 0.188 e. The first-order valence-corrected chi connectivity index (χ1v) is 12.1. The van der Waals surface area contributed by atoms with Gasteiger partial charge in [-0.15, -0.1) is 0 Å². The van der Waals surface area contributed by atoms with Gasteiger partial charge in [0.2, 0.25) is 0 Å². The third-order valence-corrected chi connectivity index (χ3v) is 6.33. The van der Waals surface area contributed by atoms with Crippen LogP contribution in [-0.4, -0.2) is 11.6 Å². The Labute approximate surface area is 203 Å². The van der Waals surface area contributed by atoms with Crippen LogP contribution in [0.4, 0.5) is 0 Å². The van der Waals surface area contributed by atoms with Gasteiger partial charge in [0.15, 0.2) is 16.8 Å². The lowest BCUT2D eigenvalue weighted by Gasteiger charge is -2.14. The Morgan fingerprint density at radius 2 is 1.59 bits per heavy atom. The molecule has 1 aliphatic heterocycles. The molecular weight excluding hydrogens is 422 g/mol. The first kappa shape index (κ1) is 25.5. The molecule has 2 aliphatic rings. The average molecular weight is 460 g/mol. The van der Waals surface area contributed by atoms with Gasteiger partial charge in [0, 0.05) is 17.2 Å².